The summed E-state index contributed by atoms with van der Waals surface area (Å²) in [7, 11) is -2.29. The van der Waals surface area contributed by atoms with E-state index < -0.39 is 16.1 Å². The van der Waals surface area contributed by atoms with Gasteiger partial charge in [0.2, 0.25) is 10.0 Å². The van der Waals surface area contributed by atoms with Gasteiger partial charge >= 0.3 is 4.87 Å². The third-order valence-electron chi connectivity index (χ3n) is 5.15. The molecule has 0 amide bonds. The number of thiazole rings is 1. The molecule has 0 radical (unpaired) electrons. The molecule has 4 rings (SSSR count). The maximum absolute atomic E-state index is 13.0. The number of methoxy groups -OCH3 is 1. The third kappa shape index (κ3) is 5.28. The minimum atomic E-state index is -3.83. The molecular formula is C24H23ClN2O5S2. The highest BCUT2D eigenvalue weighted by Gasteiger charge is 2.20. The largest absolute Gasteiger partial charge is 0.493 e. The van der Waals surface area contributed by atoms with Crippen molar-refractivity contribution in [3.05, 3.63) is 87.0 Å². The van der Waals surface area contributed by atoms with Crippen LogP contribution < -0.4 is 19.1 Å². The second-order valence-electron chi connectivity index (χ2n) is 7.66. The molecule has 0 unspecified atom stereocenters. The Morgan fingerprint density at radius 1 is 1.06 bits per heavy atom. The van der Waals surface area contributed by atoms with E-state index in [0.29, 0.717) is 33.3 Å². The number of benzene rings is 3. The van der Waals surface area contributed by atoms with Crippen molar-refractivity contribution in [1.82, 2.24) is 9.29 Å². The lowest BCUT2D eigenvalue weighted by Gasteiger charge is -2.16. The third-order valence-corrected chi connectivity index (χ3v) is 8.05. The molecule has 0 saturated heterocycles. The SMILES string of the molecule is COc1ccccc1OC[C@@H](C)NS(=O)(=O)c1ccc2c(c1)sc(=O)n2Cc1ccccc1Cl. The van der Waals surface area contributed by atoms with Crippen molar-refractivity contribution in [2.24, 2.45) is 0 Å². The smallest absolute Gasteiger partial charge is 0.308 e. The van der Waals surface area contributed by atoms with E-state index in [1.807, 2.05) is 30.3 Å². The Morgan fingerprint density at radius 3 is 2.50 bits per heavy atom. The molecule has 178 valence electrons. The van der Waals surface area contributed by atoms with E-state index in [-0.39, 0.29) is 16.4 Å². The van der Waals surface area contributed by atoms with Crippen LogP contribution >= 0.6 is 22.9 Å². The van der Waals surface area contributed by atoms with Gasteiger partial charge in [0.25, 0.3) is 0 Å². The van der Waals surface area contributed by atoms with Crippen LogP contribution in [0.5, 0.6) is 11.5 Å². The Labute approximate surface area is 206 Å². The average molecular weight is 519 g/mol. The number of rotatable bonds is 9. The number of hydrogen-bond donors (Lipinski definition) is 1. The Bertz CT molecular complexity index is 1480. The van der Waals surface area contributed by atoms with Gasteiger partial charge in [-0.05, 0) is 48.9 Å². The molecule has 1 heterocycles. The predicted molar refractivity (Wildman–Crippen MR) is 135 cm³/mol. The van der Waals surface area contributed by atoms with E-state index in [0.717, 1.165) is 16.9 Å². The molecule has 0 spiro atoms. The molecular weight excluding hydrogens is 496 g/mol. The van der Waals surface area contributed by atoms with E-state index in [1.54, 1.807) is 42.9 Å². The highest BCUT2D eigenvalue weighted by Crippen LogP contribution is 2.26. The first kappa shape index (κ1) is 24.3. The van der Waals surface area contributed by atoms with Crippen molar-refractivity contribution in [3.8, 4) is 11.5 Å². The maximum Gasteiger partial charge on any atom is 0.308 e. The van der Waals surface area contributed by atoms with Crippen molar-refractivity contribution in [1.29, 1.82) is 0 Å². The van der Waals surface area contributed by atoms with E-state index in [4.69, 9.17) is 21.1 Å². The number of nitrogens with zero attached hydrogens (tertiary/aromatic N) is 1. The summed E-state index contributed by atoms with van der Waals surface area (Å²) in [6.45, 7) is 2.13. The fourth-order valence-electron chi connectivity index (χ4n) is 3.48. The zero-order chi connectivity index (χ0) is 24.3. The van der Waals surface area contributed by atoms with Crippen LogP contribution in [-0.4, -0.2) is 32.7 Å². The first-order chi connectivity index (χ1) is 16.3. The van der Waals surface area contributed by atoms with E-state index in [9.17, 15) is 13.2 Å². The number of halogens is 1. The van der Waals surface area contributed by atoms with Crippen LogP contribution in [0.15, 0.2) is 76.4 Å². The normalized spacial score (nSPS) is 12.6. The molecule has 0 aliphatic rings. The van der Waals surface area contributed by atoms with Gasteiger partial charge in [-0.25, -0.2) is 13.1 Å². The van der Waals surface area contributed by atoms with Crippen LogP contribution in [0.25, 0.3) is 10.2 Å². The van der Waals surface area contributed by atoms with Crippen molar-refractivity contribution in [3.63, 3.8) is 0 Å². The minimum Gasteiger partial charge on any atom is -0.493 e. The van der Waals surface area contributed by atoms with Gasteiger partial charge in [0.1, 0.15) is 6.61 Å². The topological polar surface area (TPSA) is 86.6 Å². The fraction of sp³-hybridized carbons (Fsp3) is 0.208. The Balaban J connectivity index is 1.51. The quantitative estimate of drug-likeness (QED) is 0.352. The number of aromatic nitrogens is 1. The number of nitrogens with one attached hydrogen (secondary N) is 1. The van der Waals surface area contributed by atoms with Gasteiger partial charge in [-0.2, -0.15) is 0 Å². The minimum absolute atomic E-state index is 0.0790. The molecule has 1 atom stereocenters. The molecule has 1 N–H and O–H groups in total. The van der Waals surface area contributed by atoms with Crippen LogP contribution in [0.3, 0.4) is 0 Å². The summed E-state index contributed by atoms with van der Waals surface area (Å²) in [6, 6.07) is 18.6. The predicted octanol–water partition coefficient (Wildman–Crippen LogP) is 4.52. The van der Waals surface area contributed by atoms with Crippen LogP contribution in [0.4, 0.5) is 0 Å². The number of ether oxygens (including phenoxy) is 2. The van der Waals surface area contributed by atoms with Gasteiger partial charge in [-0.15, -0.1) is 0 Å². The summed E-state index contributed by atoms with van der Waals surface area (Å²) >= 11 is 7.24. The summed E-state index contributed by atoms with van der Waals surface area (Å²) in [5.41, 5.74) is 1.47. The zero-order valence-electron chi connectivity index (χ0n) is 18.5. The number of hydrogen-bond acceptors (Lipinski definition) is 6. The first-order valence-electron chi connectivity index (χ1n) is 10.4. The molecule has 0 saturated carbocycles. The lowest BCUT2D eigenvalue weighted by atomic mass is 10.2. The van der Waals surface area contributed by atoms with Gasteiger partial charge in [0, 0.05) is 5.02 Å². The number of sulfonamides is 1. The lowest BCUT2D eigenvalue weighted by Crippen LogP contribution is -2.36. The molecule has 34 heavy (non-hydrogen) atoms. The van der Waals surface area contributed by atoms with Gasteiger partial charge in [-0.1, -0.05) is 53.3 Å². The monoisotopic (exact) mass is 518 g/mol. The fourth-order valence-corrected chi connectivity index (χ4v) is 5.93. The number of fused-ring (bicyclic) bond motifs is 1. The summed E-state index contributed by atoms with van der Waals surface area (Å²) < 4.78 is 41.7. The highest BCUT2D eigenvalue weighted by molar-refractivity contribution is 7.89. The molecule has 7 nitrogen and oxygen atoms in total. The maximum atomic E-state index is 13.0. The standard InChI is InChI=1S/C24H23ClN2O5S2/c1-16(15-32-22-10-6-5-9-21(22)31-2)26-34(29,30)18-11-12-20-23(13-18)33-24(28)27(20)14-17-7-3-4-8-19(17)25/h3-13,16,26H,14-15H2,1-2H3/t16-/m1/s1. The van der Waals surface area contributed by atoms with Crippen molar-refractivity contribution in [2.75, 3.05) is 13.7 Å². The van der Waals surface area contributed by atoms with Gasteiger partial charge in [0.05, 0.1) is 34.8 Å². The molecule has 4 aromatic rings. The van der Waals surface area contributed by atoms with Crippen LogP contribution in [0, 0.1) is 0 Å². The Morgan fingerprint density at radius 2 is 1.76 bits per heavy atom. The molecule has 0 fully saturated rings. The van der Waals surface area contributed by atoms with Crippen LogP contribution in [-0.2, 0) is 16.6 Å². The van der Waals surface area contributed by atoms with Gasteiger partial charge in [-0.3, -0.25) is 9.36 Å². The average Bonchev–Trinajstić information content (AvgIpc) is 3.13. The molecule has 0 aliphatic carbocycles. The number of para-hydroxylation sites is 2. The van der Waals surface area contributed by atoms with Crippen molar-refractivity contribution >= 4 is 43.2 Å². The summed E-state index contributed by atoms with van der Waals surface area (Å²) in [4.78, 5) is 12.5. The van der Waals surface area contributed by atoms with Crippen molar-refractivity contribution < 1.29 is 17.9 Å². The van der Waals surface area contributed by atoms with E-state index in [1.165, 1.54) is 12.1 Å². The highest BCUT2D eigenvalue weighted by atomic mass is 35.5. The summed E-state index contributed by atoms with van der Waals surface area (Å²) in [6.07, 6.45) is 0. The van der Waals surface area contributed by atoms with Gasteiger partial charge < -0.3 is 9.47 Å². The molecule has 1 aromatic heterocycles. The lowest BCUT2D eigenvalue weighted by molar-refractivity contribution is 0.271. The molecule has 10 heteroatoms. The molecule has 0 aliphatic heterocycles. The second-order valence-corrected chi connectivity index (χ2v) is 10.8. The van der Waals surface area contributed by atoms with E-state index in [2.05, 4.69) is 4.72 Å². The Kier molecular flexibility index (Phi) is 7.27. The van der Waals surface area contributed by atoms with Crippen molar-refractivity contribution in [2.45, 2.75) is 24.4 Å². The molecule has 0 bridgehead atoms. The van der Waals surface area contributed by atoms with Gasteiger partial charge in [0.15, 0.2) is 11.5 Å². The Hall–Kier alpha value is -2.85. The molecule has 3 aromatic carbocycles. The second kappa shape index (κ2) is 10.2. The van der Waals surface area contributed by atoms with E-state index >= 15 is 0 Å². The first-order valence-corrected chi connectivity index (χ1v) is 13.1. The van der Waals surface area contributed by atoms with Crippen LogP contribution in [0.2, 0.25) is 5.02 Å². The summed E-state index contributed by atoms with van der Waals surface area (Å²) in [5.74, 6) is 1.10. The zero-order valence-corrected chi connectivity index (χ0v) is 20.9. The van der Waals surface area contributed by atoms with Crippen LogP contribution in [0.1, 0.15) is 12.5 Å². The summed E-state index contributed by atoms with van der Waals surface area (Å²) in [5, 5.41) is 0.571.